The second-order valence-corrected chi connectivity index (χ2v) is 6.97. The molecule has 1 heterocycles. The maximum absolute atomic E-state index is 12.8. The number of pyridine rings is 1. The van der Waals surface area contributed by atoms with E-state index in [1.807, 2.05) is 0 Å². The van der Waals surface area contributed by atoms with Crippen molar-refractivity contribution in [2.24, 2.45) is 5.73 Å². The lowest BCUT2D eigenvalue weighted by Crippen LogP contribution is -2.33. The maximum Gasteiger partial charge on any atom is 0.243 e. The van der Waals surface area contributed by atoms with Crippen molar-refractivity contribution in [2.75, 3.05) is 13.1 Å². The highest BCUT2D eigenvalue weighted by Crippen LogP contribution is 2.24. The molecule has 0 atom stereocenters. The molecule has 0 aliphatic carbocycles. The Hall–Kier alpha value is -1.57. The van der Waals surface area contributed by atoms with Crippen LogP contribution in [0.15, 0.2) is 41.4 Å². The van der Waals surface area contributed by atoms with Crippen LogP contribution >= 0.6 is 12.2 Å². The molecule has 0 fully saturated rings. The van der Waals surface area contributed by atoms with Crippen molar-refractivity contribution in [2.45, 2.75) is 18.2 Å². The molecule has 21 heavy (non-hydrogen) atoms. The third-order valence-corrected chi connectivity index (χ3v) is 5.42. The minimum atomic E-state index is -3.60. The molecule has 0 aliphatic heterocycles. The first kappa shape index (κ1) is 15.8. The summed E-state index contributed by atoms with van der Waals surface area (Å²) >= 11 is 4.82. The summed E-state index contributed by atoms with van der Waals surface area (Å²) in [6.07, 6.45) is 2.01. The predicted octanol–water partition coefficient (Wildman–Crippen LogP) is 1.92. The van der Waals surface area contributed by atoms with Gasteiger partial charge in [0, 0.05) is 31.1 Å². The van der Waals surface area contributed by atoms with E-state index >= 15 is 0 Å². The second-order valence-electron chi connectivity index (χ2n) is 4.54. The van der Waals surface area contributed by atoms with Gasteiger partial charge in [-0.25, -0.2) is 8.42 Å². The van der Waals surface area contributed by atoms with E-state index in [2.05, 4.69) is 4.98 Å². The van der Waals surface area contributed by atoms with Crippen LogP contribution in [-0.2, 0) is 10.0 Å². The number of thiocarbonyl (C=S) groups is 1. The van der Waals surface area contributed by atoms with Crippen molar-refractivity contribution < 1.29 is 8.42 Å². The zero-order chi connectivity index (χ0) is 15.5. The minimum absolute atomic E-state index is 0.262. The fourth-order valence-corrected chi connectivity index (χ4v) is 3.86. The third kappa shape index (κ3) is 3.37. The van der Waals surface area contributed by atoms with Crippen LogP contribution in [-0.4, -0.2) is 35.8 Å². The van der Waals surface area contributed by atoms with E-state index in [-0.39, 0.29) is 11.4 Å². The van der Waals surface area contributed by atoms with Crippen LogP contribution in [0.5, 0.6) is 0 Å². The smallest absolute Gasteiger partial charge is 0.243 e. The number of nitrogens with zero attached hydrogens (tertiary/aromatic N) is 2. The molecule has 0 radical (unpaired) electrons. The molecule has 2 rings (SSSR count). The van der Waals surface area contributed by atoms with Crippen molar-refractivity contribution >= 4 is 38.1 Å². The Balaban J connectivity index is 2.47. The number of aromatic nitrogens is 1. The molecule has 0 amide bonds. The van der Waals surface area contributed by atoms with Gasteiger partial charge in [-0.2, -0.15) is 4.31 Å². The molecule has 0 saturated heterocycles. The van der Waals surface area contributed by atoms with Crippen LogP contribution in [0.3, 0.4) is 0 Å². The van der Waals surface area contributed by atoms with E-state index in [0.717, 1.165) is 0 Å². The molecule has 7 heteroatoms. The van der Waals surface area contributed by atoms with Crippen LogP contribution in [0, 0.1) is 0 Å². The van der Waals surface area contributed by atoms with Crippen LogP contribution in [0.1, 0.15) is 13.3 Å². The van der Waals surface area contributed by atoms with E-state index in [4.69, 9.17) is 18.0 Å². The average Bonchev–Trinajstić information content (AvgIpc) is 2.46. The fourth-order valence-electron chi connectivity index (χ4n) is 2.12. The van der Waals surface area contributed by atoms with E-state index in [0.29, 0.717) is 28.9 Å². The number of fused-ring (bicyclic) bond motifs is 1. The lowest BCUT2D eigenvalue weighted by Gasteiger charge is -2.21. The maximum atomic E-state index is 12.8. The van der Waals surface area contributed by atoms with Crippen molar-refractivity contribution in [3.63, 3.8) is 0 Å². The Kier molecular flexibility index (Phi) is 4.87. The van der Waals surface area contributed by atoms with E-state index in [1.165, 1.54) is 4.31 Å². The summed E-state index contributed by atoms with van der Waals surface area (Å²) in [4.78, 5) is 4.76. The number of hydrogen-bond acceptors (Lipinski definition) is 4. The monoisotopic (exact) mass is 323 g/mol. The molecule has 1 aromatic heterocycles. The zero-order valence-corrected chi connectivity index (χ0v) is 13.3. The molecular formula is C14H17N3O2S2. The summed E-state index contributed by atoms with van der Waals surface area (Å²) < 4.78 is 27.0. The van der Waals surface area contributed by atoms with Crippen molar-refractivity contribution in [1.29, 1.82) is 0 Å². The number of rotatable bonds is 6. The van der Waals surface area contributed by atoms with Gasteiger partial charge >= 0.3 is 0 Å². The van der Waals surface area contributed by atoms with Crippen LogP contribution in [0.2, 0.25) is 0 Å². The van der Waals surface area contributed by atoms with Gasteiger partial charge in [-0.3, -0.25) is 4.98 Å². The summed E-state index contributed by atoms with van der Waals surface area (Å²) in [5.41, 5.74) is 6.12. The van der Waals surface area contributed by atoms with E-state index < -0.39 is 10.0 Å². The summed E-state index contributed by atoms with van der Waals surface area (Å²) in [6.45, 7) is 2.44. The lowest BCUT2D eigenvalue weighted by atomic mass is 10.2. The Morgan fingerprint density at radius 2 is 2.10 bits per heavy atom. The highest BCUT2D eigenvalue weighted by Gasteiger charge is 2.24. The summed E-state index contributed by atoms with van der Waals surface area (Å²) in [7, 11) is -3.60. The molecule has 2 aromatic rings. The number of hydrogen-bond donors (Lipinski definition) is 1. The van der Waals surface area contributed by atoms with Crippen LogP contribution in [0.25, 0.3) is 10.9 Å². The van der Waals surface area contributed by atoms with E-state index in [1.54, 1.807) is 43.5 Å². The summed E-state index contributed by atoms with van der Waals surface area (Å²) in [5, 5.41) is 0.619. The SMILES string of the molecule is CCN(CCC(N)=S)S(=O)(=O)c1cccc2ncccc12. The molecular weight excluding hydrogens is 306 g/mol. The molecule has 2 N–H and O–H groups in total. The Morgan fingerprint density at radius 3 is 2.76 bits per heavy atom. The molecule has 0 aliphatic rings. The number of sulfonamides is 1. The van der Waals surface area contributed by atoms with Gasteiger partial charge in [-0.05, 0) is 24.3 Å². The number of nitrogens with two attached hydrogens (primary N) is 1. The lowest BCUT2D eigenvalue weighted by molar-refractivity contribution is 0.438. The molecule has 0 unspecified atom stereocenters. The molecule has 1 aromatic carbocycles. The van der Waals surface area contributed by atoms with Gasteiger partial charge in [0.25, 0.3) is 0 Å². The predicted molar refractivity (Wildman–Crippen MR) is 87.6 cm³/mol. The van der Waals surface area contributed by atoms with Gasteiger partial charge in [0.1, 0.15) is 0 Å². The van der Waals surface area contributed by atoms with Gasteiger partial charge < -0.3 is 5.73 Å². The van der Waals surface area contributed by atoms with Gasteiger partial charge in [-0.15, -0.1) is 0 Å². The van der Waals surface area contributed by atoms with Gasteiger partial charge in [0.15, 0.2) is 0 Å². The molecule has 0 spiro atoms. The molecule has 112 valence electrons. The largest absolute Gasteiger partial charge is 0.393 e. The zero-order valence-electron chi connectivity index (χ0n) is 11.7. The first-order valence-electron chi connectivity index (χ1n) is 6.59. The first-order chi connectivity index (χ1) is 9.96. The highest BCUT2D eigenvalue weighted by atomic mass is 32.2. The first-order valence-corrected chi connectivity index (χ1v) is 8.44. The Labute approximate surface area is 129 Å². The minimum Gasteiger partial charge on any atom is -0.393 e. The van der Waals surface area contributed by atoms with Crippen molar-refractivity contribution in [3.05, 3.63) is 36.5 Å². The van der Waals surface area contributed by atoms with Crippen molar-refractivity contribution in [3.8, 4) is 0 Å². The molecule has 0 bridgehead atoms. The standard InChI is InChI=1S/C14H17N3O2S2/c1-2-17(10-8-14(15)20)21(18,19)13-7-3-6-12-11(13)5-4-9-16-12/h3-7,9H,2,8,10H2,1H3,(H2,15,20). The topological polar surface area (TPSA) is 76.3 Å². The van der Waals surface area contributed by atoms with Crippen LogP contribution in [0.4, 0.5) is 0 Å². The van der Waals surface area contributed by atoms with Crippen molar-refractivity contribution in [1.82, 2.24) is 9.29 Å². The third-order valence-electron chi connectivity index (χ3n) is 3.18. The van der Waals surface area contributed by atoms with E-state index in [9.17, 15) is 8.42 Å². The molecule has 5 nitrogen and oxygen atoms in total. The average molecular weight is 323 g/mol. The number of benzene rings is 1. The Bertz CT molecular complexity index is 754. The fraction of sp³-hybridized carbons (Fsp3) is 0.286. The normalized spacial score (nSPS) is 11.9. The second kappa shape index (κ2) is 6.46. The molecule has 0 saturated carbocycles. The van der Waals surface area contributed by atoms with Gasteiger partial charge in [-0.1, -0.05) is 25.2 Å². The quantitative estimate of drug-likeness (QED) is 0.822. The highest BCUT2D eigenvalue weighted by molar-refractivity contribution is 7.89. The summed E-state index contributed by atoms with van der Waals surface area (Å²) in [6, 6.07) is 8.58. The van der Waals surface area contributed by atoms with Gasteiger partial charge in [0.2, 0.25) is 10.0 Å². The van der Waals surface area contributed by atoms with Crippen LogP contribution < -0.4 is 5.73 Å². The summed E-state index contributed by atoms with van der Waals surface area (Å²) in [5.74, 6) is 0. The van der Waals surface area contributed by atoms with Gasteiger partial charge in [0.05, 0.1) is 15.4 Å². The Morgan fingerprint density at radius 1 is 1.33 bits per heavy atom.